The zero-order chi connectivity index (χ0) is 20.4. The largest absolute Gasteiger partial charge is 0.439 e. The van der Waals surface area contributed by atoms with Gasteiger partial charge in [0.2, 0.25) is 0 Å². The smallest absolute Gasteiger partial charge is 0.407 e. The Morgan fingerprint density at radius 2 is 1.57 bits per heavy atom. The SMILES string of the molecule is CC[C@@H](O[Si](c1ccccc1)(c1ccccc1)C(C)(C)C)C1(C)CNC(=O)O1. The van der Waals surface area contributed by atoms with E-state index >= 15 is 0 Å². The van der Waals surface area contributed by atoms with E-state index in [1.807, 2.05) is 19.1 Å². The Morgan fingerprint density at radius 3 is 1.93 bits per heavy atom. The van der Waals surface area contributed by atoms with Gasteiger partial charge in [0.1, 0.15) is 0 Å². The van der Waals surface area contributed by atoms with Gasteiger partial charge in [-0.05, 0) is 28.8 Å². The van der Waals surface area contributed by atoms with Crippen molar-refractivity contribution in [2.75, 3.05) is 6.54 Å². The van der Waals surface area contributed by atoms with Crippen LogP contribution in [-0.2, 0) is 9.16 Å². The number of carbonyl (C=O) groups excluding carboxylic acids is 1. The molecule has 1 amide bonds. The van der Waals surface area contributed by atoms with Crippen LogP contribution in [-0.4, -0.2) is 32.7 Å². The summed E-state index contributed by atoms with van der Waals surface area (Å²) in [5, 5.41) is 5.15. The fourth-order valence-corrected chi connectivity index (χ4v) is 9.11. The first-order chi connectivity index (χ1) is 13.2. The van der Waals surface area contributed by atoms with Crippen LogP contribution in [0.2, 0.25) is 5.04 Å². The quantitative estimate of drug-likeness (QED) is 0.754. The molecule has 2 aromatic carbocycles. The normalized spacial score (nSPS) is 21.1. The Balaban J connectivity index is 2.17. The molecule has 0 saturated carbocycles. The second-order valence-electron chi connectivity index (χ2n) is 8.73. The molecule has 1 aliphatic heterocycles. The second kappa shape index (κ2) is 7.72. The first kappa shape index (κ1) is 20.6. The lowest BCUT2D eigenvalue weighted by Crippen LogP contribution is -2.69. The Kier molecular flexibility index (Phi) is 5.68. The Bertz CT molecular complexity index is 764. The molecule has 4 nitrogen and oxygen atoms in total. The first-order valence-electron chi connectivity index (χ1n) is 9.98. The zero-order valence-electron chi connectivity index (χ0n) is 17.5. The van der Waals surface area contributed by atoms with Crippen LogP contribution in [0.15, 0.2) is 60.7 Å². The topological polar surface area (TPSA) is 47.6 Å². The zero-order valence-corrected chi connectivity index (χ0v) is 18.5. The number of benzene rings is 2. The van der Waals surface area contributed by atoms with Crippen molar-refractivity contribution in [3.05, 3.63) is 60.7 Å². The molecule has 1 fully saturated rings. The van der Waals surface area contributed by atoms with Crippen molar-refractivity contribution in [1.29, 1.82) is 0 Å². The average Bonchev–Trinajstić information content (AvgIpc) is 3.03. The van der Waals surface area contributed by atoms with Crippen LogP contribution in [0.4, 0.5) is 4.79 Å². The van der Waals surface area contributed by atoms with Gasteiger partial charge < -0.3 is 14.5 Å². The summed E-state index contributed by atoms with van der Waals surface area (Å²) in [5.74, 6) is 0. The van der Waals surface area contributed by atoms with E-state index in [0.29, 0.717) is 6.54 Å². The molecule has 0 aromatic heterocycles. The number of hydrogen-bond donors (Lipinski definition) is 1. The number of carbonyl (C=O) groups is 1. The fraction of sp³-hybridized carbons (Fsp3) is 0.435. The van der Waals surface area contributed by atoms with Crippen LogP contribution in [0.25, 0.3) is 0 Å². The first-order valence-corrected chi connectivity index (χ1v) is 11.9. The summed E-state index contributed by atoms with van der Waals surface area (Å²) in [6.45, 7) is 11.3. The molecule has 28 heavy (non-hydrogen) atoms. The van der Waals surface area contributed by atoms with Crippen molar-refractivity contribution in [1.82, 2.24) is 5.32 Å². The van der Waals surface area contributed by atoms with Crippen molar-refractivity contribution >= 4 is 24.8 Å². The summed E-state index contributed by atoms with van der Waals surface area (Å²) in [6.07, 6.45) is 0.181. The highest BCUT2D eigenvalue weighted by Crippen LogP contribution is 2.40. The maximum atomic E-state index is 11.8. The second-order valence-corrected chi connectivity index (χ2v) is 13.0. The van der Waals surface area contributed by atoms with Crippen LogP contribution in [0.1, 0.15) is 41.0 Å². The van der Waals surface area contributed by atoms with Gasteiger partial charge in [0.15, 0.2) is 5.60 Å². The Morgan fingerprint density at radius 1 is 1.07 bits per heavy atom. The third-order valence-corrected chi connectivity index (χ3v) is 10.7. The molecule has 150 valence electrons. The van der Waals surface area contributed by atoms with Gasteiger partial charge in [-0.2, -0.15) is 0 Å². The number of hydrogen-bond acceptors (Lipinski definition) is 3. The van der Waals surface area contributed by atoms with E-state index < -0.39 is 13.9 Å². The number of cyclic esters (lactones) is 1. The average molecular weight is 398 g/mol. The van der Waals surface area contributed by atoms with E-state index in [-0.39, 0.29) is 17.2 Å². The molecule has 3 rings (SSSR count). The molecule has 2 aromatic rings. The van der Waals surface area contributed by atoms with Crippen LogP contribution < -0.4 is 15.7 Å². The molecule has 1 N–H and O–H groups in total. The Labute approximate surface area is 169 Å². The van der Waals surface area contributed by atoms with Gasteiger partial charge in [-0.3, -0.25) is 0 Å². The molecule has 0 aliphatic carbocycles. The lowest BCUT2D eigenvalue weighted by molar-refractivity contribution is -0.0317. The third-order valence-electron chi connectivity index (χ3n) is 5.70. The van der Waals surface area contributed by atoms with Gasteiger partial charge >= 0.3 is 6.09 Å². The molecular weight excluding hydrogens is 366 g/mol. The van der Waals surface area contributed by atoms with Crippen LogP contribution in [0.5, 0.6) is 0 Å². The van der Waals surface area contributed by atoms with E-state index in [1.165, 1.54) is 10.4 Å². The van der Waals surface area contributed by atoms with Crippen LogP contribution in [0.3, 0.4) is 0 Å². The summed E-state index contributed by atoms with van der Waals surface area (Å²) in [6, 6.07) is 21.1. The van der Waals surface area contributed by atoms with Gasteiger partial charge in [-0.1, -0.05) is 88.4 Å². The van der Waals surface area contributed by atoms with Crippen molar-refractivity contribution in [2.45, 2.75) is 57.8 Å². The molecule has 1 unspecified atom stereocenters. The molecule has 2 atom stereocenters. The number of rotatable bonds is 6. The predicted octanol–water partition coefficient (Wildman–Crippen LogP) is 3.84. The van der Waals surface area contributed by atoms with Crippen molar-refractivity contribution in [3.8, 4) is 0 Å². The number of ether oxygens (including phenoxy) is 1. The van der Waals surface area contributed by atoms with Gasteiger partial charge in [-0.25, -0.2) is 4.79 Å². The third kappa shape index (κ3) is 3.61. The maximum Gasteiger partial charge on any atom is 0.407 e. The fourth-order valence-electron chi connectivity index (χ4n) is 4.26. The predicted molar refractivity (Wildman–Crippen MR) is 116 cm³/mol. The number of nitrogens with one attached hydrogen (secondary N) is 1. The van der Waals surface area contributed by atoms with E-state index in [1.54, 1.807) is 0 Å². The molecular formula is C23H31NO3Si. The lowest BCUT2D eigenvalue weighted by Gasteiger charge is -2.47. The van der Waals surface area contributed by atoms with Gasteiger partial charge in [-0.15, -0.1) is 0 Å². The highest BCUT2D eigenvalue weighted by Gasteiger charge is 2.54. The van der Waals surface area contributed by atoms with E-state index in [0.717, 1.165) is 6.42 Å². The standard InChI is InChI=1S/C23H31NO3Si/c1-6-20(23(5)17-24-21(25)26-23)27-28(22(2,3)4,18-13-9-7-10-14-18)19-15-11-8-12-16-19/h7-16,20H,6,17H2,1-5H3,(H,24,25)/t20-,23?/m1/s1. The monoisotopic (exact) mass is 397 g/mol. The molecule has 0 spiro atoms. The Hall–Kier alpha value is -2.11. The summed E-state index contributed by atoms with van der Waals surface area (Å²) in [4.78, 5) is 11.8. The van der Waals surface area contributed by atoms with Crippen molar-refractivity contribution in [2.24, 2.45) is 0 Å². The minimum absolute atomic E-state index is 0.116. The van der Waals surface area contributed by atoms with Crippen LogP contribution >= 0.6 is 0 Å². The summed E-state index contributed by atoms with van der Waals surface area (Å²) >= 11 is 0. The maximum absolute atomic E-state index is 11.8. The van der Waals surface area contributed by atoms with Crippen molar-refractivity contribution < 1.29 is 14.0 Å². The minimum atomic E-state index is -2.69. The highest BCUT2D eigenvalue weighted by atomic mass is 28.4. The molecule has 5 heteroatoms. The van der Waals surface area contributed by atoms with Crippen LogP contribution in [0, 0.1) is 0 Å². The summed E-state index contributed by atoms with van der Waals surface area (Å²) in [7, 11) is -2.69. The summed E-state index contributed by atoms with van der Waals surface area (Å²) in [5.41, 5.74) is -0.682. The molecule has 0 bridgehead atoms. The molecule has 0 radical (unpaired) electrons. The number of amides is 1. The molecule has 1 aliphatic rings. The van der Waals surface area contributed by atoms with Crippen molar-refractivity contribution in [3.63, 3.8) is 0 Å². The van der Waals surface area contributed by atoms with Gasteiger partial charge in [0.25, 0.3) is 8.32 Å². The van der Waals surface area contributed by atoms with Gasteiger partial charge in [0.05, 0.1) is 12.6 Å². The lowest BCUT2D eigenvalue weighted by atomic mass is 9.98. The van der Waals surface area contributed by atoms with E-state index in [4.69, 9.17) is 9.16 Å². The molecule has 1 heterocycles. The number of alkyl carbamates (subject to hydrolysis) is 1. The van der Waals surface area contributed by atoms with E-state index in [2.05, 4.69) is 81.5 Å². The van der Waals surface area contributed by atoms with Gasteiger partial charge in [0, 0.05) is 0 Å². The molecule has 1 saturated heterocycles. The highest BCUT2D eigenvalue weighted by molar-refractivity contribution is 6.99. The van der Waals surface area contributed by atoms with E-state index in [9.17, 15) is 4.79 Å². The minimum Gasteiger partial charge on any atom is -0.439 e. The summed E-state index contributed by atoms with van der Waals surface area (Å²) < 4.78 is 12.9.